The normalized spacial score (nSPS) is 21.3. The summed E-state index contributed by atoms with van der Waals surface area (Å²) in [7, 11) is -0.998. The summed E-state index contributed by atoms with van der Waals surface area (Å²) in [6, 6.07) is 4.24. The topological polar surface area (TPSA) is 75.2 Å². The molecule has 0 aliphatic carbocycles. The Balaban J connectivity index is 1.99. The van der Waals surface area contributed by atoms with Crippen LogP contribution in [0.4, 0.5) is 5.82 Å². The summed E-state index contributed by atoms with van der Waals surface area (Å²) in [5.41, 5.74) is 0.884. The van der Waals surface area contributed by atoms with E-state index in [-0.39, 0.29) is 17.5 Å². The van der Waals surface area contributed by atoms with Crippen LogP contribution in [0.1, 0.15) is 26.0 Å². The fraction of sp³-hybridized carbons (Fsp3) is 0.692. The number of rotatable bonds is 5. The zero-order valence-corrected chi connectivity index (χ0v) is 13.0. The Kier molecular flexibility index (Phi) is 4.59. The Bertz CT molecular complexity index is 542. The first kappa shape index (κ1) is 15.2. The molecule has 112 valence electrons. The second-order valence-corrected chi connectivity index (χ2v) is 7.81. The number of nitrogens with one attached hydrogen (secondary N) is 1. The van der Waals surface area contributed by atoms with E-state index >= 15 is 0 Å². The van der Waals surface area contributed by atoms with Gasteiger partial charge in [0.05, 0.1) is 17.2 Å². The summed E-state index contributed by atoms with van der Waals surface area (Å²) >= 11 is 0. The molecule has 1 aliphatic heterocycles. The predicted molar refractivity (Wildman–Crippen MR) is 79.5 cm³/mol. The third-order valence-corrected chi connectivity index (χ3v) is 5.26. The van der Waals surface area contributed by atoms with Crippen LogP contribution in [-0.2, 0) is 16.4 Å². The van der Waals surface area contributed by atoms with Gasteiger partial charge in [0.15, 0.2) is 15.7 Å². The summed E-state index contributed by atoms with van der Waals surface area (Å²) in [5, 5.41) is 11.6. The van der Waals surface area contributed by atoms with Gasteiger partial charge in [-0.05, 0) is 18.6 Å². The molecular formula is C13H22N4O2S. The van der Waals surface area contributed by atoms with Gasteiger partial charge in [-0.25, -0.2) is 8.42 Å². The number of nitrogens with zero attached hydrogens (tertiary/aromatic N) is 3. The van der Waals surface area contributed by atoms with Crippen molar-refractivity contribution < 1.29 is 8.42 Å². The molecule has 0 radical (unpaired) electrons. The van der Waals surface area contributed by atoms with Gasteiger partial charge < -0.3 is 10.2 Å². The van der Waals surface area contributed by atoms with Gasteiger partial charge in [-0.1, -0.05) is 13.8 Å². The SMILES string of the molecule is CC(C)NCc1ccc(N(C)C2CCS(=O)(=O)C2)nn1. The van der Waals surface area contributed by atoms with Crippen molar-refractivity contribution in [1.82, 2.24) is 15.5 Å². The van der Waals surface area contributed by atoms with E-state index in [1.165, 1.54) is 0 Å². The lowest BCUT2D eigenvalue weighted by atomic mass is 10.2. The van der Waals surface area contributed by atoms with Crippen LogP contribution >= 0.6 is 0 Å². The fourth-order valence-corrected chi connectivity index (χ4v) is 3.99. The van der Waals surface area contributed by atoms with E-state index in [0.29, 0.717) is 19.0 Å². The molecule has 1 aromatic heterocycles. The van der Waals surface area contributed by atoms with Crippen LogP contribution in [0.5, 0.6) is 0 Å². The van der Waals surface area contributed by atoms with Gasteiger partial charge in [0.2, 0.25) is 0 Å². The van der Waals surface area contributed by atoms with E-state index in [1.807, 2.05) is 24.1 Å². The third-order valence-electron chi connectivity index (χ3n) is 3.51. The summed E-state index contributed by atoms with van der Waals surface area (Å²) in [6.07, 6.45) is 0.664. The Hall–Kier alpha value is -1.21. The number of hydrogen-bond donors (Lipinski definition) is 1. The third kappa shape index (κ3) is 3.89. The van der Waals surface area contributed by atoms with Crippen LogP contribution in [0.15, 0.2) is 12.1 Å². The lowest BCUT2D eigenvalue weighted by Gasteiger charge is -2.23. The van der Waals surface area contributed by atoms with Crippen molar-refractivity contribution >= 4 is 15.7 Å². The molecule has 2 rings (SSSR count). The molecule has 6 nitrogen and oxygen atoms in total. The van der Waals surface area contributed by atoms with Crippen LogP contribution in [0.25, 0.3) is 0 Å². The highest BCUT2D eigenvalue weighted by atomic mass is 32.2. The maximum absolute atomic E-state index is 11.5. The quantitative estimate of drug-likeness (QED) is 0.858. The molecule has 1 aliphatic rings. The van der Waals surface area contributed by atoms with E-state index in [4.69, 9.17) is 0 Å². The highest BCUT2D eigenvalue weighted by Gasteiger charge is 2.31. The van der Waals surface area contributed by atoms with Crippen LogP contribution < -0.4 is 10.2 Å². The molecule has 0 bridgehead atoms. The Labute approximate surface area is 120 Å². The predicted octanol–water partition coefficient (Wildman–Crippen LogP) is 0.598. The number of sulfone groups is 1. The Morgan fingerprint density at radius 3 is 2.65 bits per heavy atom. The molecule has 1 unspecified atom stereocenters. The minimum atomic E-state index is -2.87. The van der Waals surface area contributed by atoms with Gasteiger partial charge in [-0.2, -0.15) is 5.10 Å². The van der Waals surface area contributed by atoms with Gasteiger partial charge in [-0.15, -0.1) is 5.10 Å². The van der Waals surface area contributed by atoms with Crippen LogP contribution in [0, 0.1) is 0 Å². The smallest absolute Gasteiger partial charge is 0.152 e. The largest absolute Gasteiger partial charge is 0.354 e. The van der Waals surface area contributed by atoms with Gasteiger partial charge in [0.25, 0.3) is 0 Å². The second-order valence-electron chi connectivity index (χ2n) is 5.59. The van der Waals surface area contributed by atoms with Crippen molar-refractivity contribution in [2.24, 2.45) is 0 Å². The van der Waals surface area contributed by atoms with E-state index in [1.54, 1.807) is 0 Å². The lowest BCUT2D eigenvalue weighted by Crippen LogP contribution is -2.33. The average molecular weight is 298 g/mol. The maximum Gasteiger partial charge on any atom is 0.152 e. The van der Waals surface area contributed by atoms with E-state index in [2.05, 4.69) is 29.4 Å². The first-order valence-corrected chi connectivity index (χ1v) is 8.69. The van der Waals surface area contributed by atoms with Gasteiger partial charge in [0.1, 0.15) is 0 Å². The van der Waals surface area contributed by atoms with Crippen molar-refractivity contribution in [3.8, 4) is 0 Å². The minimum Gasteiger partial charge on any atom is -0.354 e. The van der Waals surface area contributed by atoms with Crippen LogP contribution in [-0.4, -0.2) is 49.3 Å². The van der Waals surface area contributed by atoms with Crippen molar-refractivity contribution in [3.05, 3.63) is 17.8 Å². The van der Waals surface area contributed by atoms with Crippen molar-refractivity contribution in [2.45, 2.75) is 38.9 Å². The summed E-state index contributed by atoms with van der Waals surface area (Å²) in [4.78, 5) is 1.91. The van der Waals surface area contributed by atoms with Crippen molar-refractivity contribution in [1.29, 1.82) is 0 Å². The molecule has 1 aromatic rings. The lowest BCUT2D eigenvalue weighted by molar-refractivity contribution is 0.576. The van der Waals surface area contributed by atoms with Gasteiger partial charge in [-0.3, -0.25) is 0 Å². The second kappa shape index (κ2) is 6.05. The van der Waals surface area contributed by atoms with Gasteiger partial charge >= 0.3 is 0 Å². The number of anilines is 1. The highest BCUT2D eigenvalue weighted by molar-refractivity contribution is 7.91. The molecule has 0 saturated carbocycles. The molecule has 0 aromatic carbocycles. The molecule has 7 heteroatoms. The van der Waals surface area contributed by atoms with E-state index in [9.17, 15) is 8.42 Å². The van der Waals surface area contributed by atoms with Gasteiger partial charge in [0, 0.05) is 25.7 Å². The summed E-state index contributed by atoms with van der Waals surface area (Å²) < 4.78 is 23.0. The molecule has 20 heavy (non-hydrogen) atoms. The fourth-order valence-electron chi connectivity index (χ4n) is 2.21. The standard InChI is InChI=1S/C13H22N4O2S/c1-10(2)14-8-11-4-5-13(16-15-11)17(3)12-6-7-20(18,19)9-12/h4-5,10,12,14H,6-9H2,1-3H3. The molecular weight excluding hydrogens is 276 g/mol. The average Bonchev–Trinajstić information content (AvgIpc) is 2.76. The van der Waals surface area contributed by atoms with Crippen molar-refractivity contribution in [3.63, 3.8) is 0 Å². The van der Waals surface area contributed by atoms with Crippen molar-refractivity contribution in [2.75, 3.05) is 23.5 Å². The minimum absolute atomic E-state index is 0.00828. The first-order valence-electron chi connectivity index (χ1n) is 6.86. The van der Waals surface area contributed by atoms with Crippen LogP contribution in [0.2, 0.25) is 0 Å². The Morgan fingerprint density at radius 1 is 1.40 bits per heavy atom. The summed E-state index contributed by atoms with van der Waals surface area (Å²) in [5.74, 6) is 1.20. The zero-order chi connectivity index (χ0) is 14.8. The zero-order valence-electron chi connectivity index (χ0n) is 12.2. The maximum atomic E-state index is 11.5. The highest BCUT2D eigenvalue weighted by Crippen LogP contribution is 2.20. The number of hydrogen-bond acceptors (Lipinski definition) is 6. The molecule has 0 spiro atoms. The van der Waals surface area contributed by atoms with Crippen LogP contribution in [0.3, 0.4) is 0 Å². The summed E-state index contributed by atoms with van der Waals surface area (Å²) in [6.45, 7) is 4.85. The first-order chi connectivity index (χ1) is 9.37. The molecule has 0 amide bonds. The Morgan fingerprint density at radius 2 is 2.15 bits per heavy atom. The molecule has 2 heterocycles. The molecule has 1 atom stereocenters. The molecule has 1 fully saturated rings. The van der Waals surface area contributed by atoms with E-state index < -0.39 is 9.84 Å². The number of aromatic nitrogens is 2. The monoisotopic (exact) mass is 298 g/mol. The van der Waals surface area contributed by atoms with E-state index in [0.717, 1.165) is 11.5 Å². The molecule has 1 saturated heterocycles. The molecule has 1 N–H and O–H groups in total.